The summed E-state index contributed by atoms with van der Waals surface area (Å²) in [7, 11) is 7.66. The quantitative estimate of drug-likeness (QED) is 0.731. The minimum Gasteiger partial charge on any atom is -0.380 e. The van der Waals surface area contributed by atoms with Gasteiger partial charge >= 0.3 is 0 Å². The average molecular weight is 280 g/mol. The molecule has 0 fully saturated rings. The number of hydrogen-bond donors (Lipinski definition) is 0. The van der Waals surface area contributed by atoms with Crippen molar-refractivity contribution < 1.29 is 9.47 Å². The minimum atomic E-state index is 0.227. The summed E-state index contributed by atoms with van der Waals surface area (Å²) in [4.78, 5) is 4.41. The van der Waals surface area contributed by atoms with Crippen LogP contribution in [0.25, 0.3) is 0 Å². The van der Waals surface area contributed by atoms with Gasteiger partial charge in [0, 0.05) is 52.8 Å². The molecular formula is C16H28N2O2. The second-order valence-electron chi connectivity index (χ2n) is 5.37. The number of hydrogen-bond acceptors (Lipinski definition) is 4. The summed E-state index contributed by atoms with van der Waals surface area (Å²) in [6.07, 6.45) is 0.454. The Hall–Kier alpha value is -1.26. The number of rotatable bonds is 8. The lowest BCUT2D eigenvalue weighted by molar-refractivity contribution is 0.124. The van der Waals surface area contributed by atoms with E-state index in [1.165, 1.54) is 11.4 Å². The van der Waals surface area contributed by atoms with E-state index in [0.717, 1.165) is 13.1 Å². The number of ether oxygens (including phenoxy) is 2. The van der Waals surface area contributed by atoms with E-state index in [-0.39, 0.29) is 12.2 Å². The molecule has 0 spiro atoms. The zero-order chi connectivity index (χ0) is 15.1. The minimum absolute atomic E-state index is 0.227. The van der Waals surface area contributed by atoms with Crippen LogP contribution in [0, 0.1) is 0 Å². The van der Waals surface area contributed by atoms with Gasteiger partial charge < -0.3 is 19.3 Å². The van der Waals surface area contributed by atoms with Crippen LogP contribution in [0.4, 0.5) is 11.4 Å². The molecule has 0 bridgehead atoms. The van der Waals surface area contributed by atoms with Gasteiger partial charge in [-0.15, -0.1) is 0 Å². The molecule has 0 saturated heterocycles. The SMILES string of the molecule is COC(C)CN(C)c1ccc(N(C)CC(C)OC)cc1. The summed E-state index contributed by atoms with van der Waals surface area (Å²) in [5.74, 6) is 0. The van der Waals surface area contributed by atoms with Crippen molar-refractivity contribution in [2.75, 3.05) is 51.2 Å². The van der Waals surface area contributed by atoms with Gasteiger partial charge in [-0.25, -0.2) is 0 Å². The fraction of sp³-hybridized carbons (Fsp3) is 0.625. The van der Waals surface area contributed by atoms with E-state index >= 15 is 0 Å². The number of methoxy groups -OCH3 is 2. The Labute approximate surface area is 123 Å². The third-order valence-electron chi connectivity index (χ3n) is 3.60. The maximum Gasteiger partial charge on any atom is 0.0717 e. The van der Waals surface area contributed by atoms with Gasteiger partial charge in [-0.1, -0.05) is 0 Å². The lowest BCUT2D eigenvalue weighted by Gasteiger charge is -2.25. The first-order chi connectivity index (χ1) is 9.47. The van der Waals surface area contributed by atoms with Crippen LogP contribution in [0.3, 0.4) is 0 Å². The second-order valence-corrected chi connectivity index (χ2v) is 5.37. The molecule has 0 aliphatic heterocycles. The third-order valence-corrected chi connectivity index (χ3v) is 3.60. The molecule has 0 aliphatic carbocycles. The van der Waals surface area contributed by atoms with Crippen molar-refractivity contribution in [3.05, 3.63) is 24.3 Å². The molecule has 0 N–H and O–H groups in total. The number of nitrogens with zero attached hydrogens (tertiary/aromatic N) is 2. The van der Waals surface area contributed by atoms with Crippen LogP contribution >= 0.6 is 0 Å². The number of anilines is 2. The number of benzene rings is 1. The second kappa shape index (κ2) is 8.12. The van der Waals surface area contributed by atoms with Crippen molar-refractivity contribution in [3.8, 4) is 0 Å². The predicted molar refractivity (Wildman–Crippen MR) is 85.9 cm³/mol. The van der Waals surface area contributed by atoms with Gasteiger partial charge in [0.1, 0.15) is 0 Å². The topological polar surface area (TPSA) is 24.9 Å². The van der Waals surface area contributed by atoms with Crippen LogP contribution in [-0.2, 0) is 9.47 Å². The first kappa shape index (κ1) is 16.8. The molecule has 1 aromatic rings. The fourth-order valence-corrected chi connectivity index (χ4v) is 2.09. The largest absolute Gasteiger partial charge is 0.380 e. The first-order valence-electron chi connectivity index (χ1n) is 7.05. The molecule has 20 heavy (non-hydrogen) atoms. The van der Waals surface area contributed by atoms with Gasteiger partial charge in [0.2, 0.25) is 0 Å². The molecule has 114 valence electrons. The zero-order valence-electron chi connectivity index (χ0n) is 13.6. The van der Waals surface area contributed by atoms with Crippen LogP contribution in [-0.4, -0.2) is 53.6 Å². The monoisotopic (exact) mass is 280 g/mol. The van der Waals surface area contributed by atoms with E-state index in [0.29, 0.717) is 0 Å². The van der Waals surface area contributed by atoms with Gasteiger partial charge in [-0.05, 0) is 38.1 Å². The Kier molecular flexibility index (Phi) is 6.82. The summed E-state index contributed by atoms with van der Waals surface area (Å²) >= 11 is 0. The molecule has 0 amide bonds. The highest BCUT2D eigenvalue weighted by molar-refractivity contribution is 5.55. The van der Waals surface area contributed by atoms with E-state index < -0.39 is 0 Å². The van der Waals surface area contributed by atoms with E-state index in [2.05, 4.69) is 62.0 Å². The fourth-order valence-electron chi connectivity index (χ4n) is 2.09. The molecular weight excluding hydrogens is 252 g/mol. The first-order valence-corrected chi connectivity index (χ1v) is 7.05. The normalized spacial score (nSPS) is 13.9. The standard InChI is InChI=1S/C16H28N2O2/c1-13(19-5)11-17(3)15-7-9-16(10-8-15)18(4)12-14(2)20-6/h7-10,13-14H,11-12H2,1-6H3. The molecule has 0 aliphatic rings. The smallest absolute Gasteiger partial charge is 0.0717 e. The Morgan fingerprint density at radius 2 is 1.10 bits per heavy atom. The summed E-state index contributed by atoms with van der Waals surface area (Å²) in [5, 5.41) is 0. The lowest BCUT2D eigenvalue weighted by Crippen LogP contribution is -2.29. The highest BCUT2D eigenvalue weighted by atomic mass is 16.5. The highest BCUT2D eigenvalue weighted by Crippen LogP contribution is 2.20. The molecule has 1 aromatic carbocycles. The van der Waals surface area contributed by atoms with E-state index in [4.69, 9.17) is 9.47 Å². The lowest BCUT2D eigenvalue weighted by atomic mass is 10.2. The molecule has 4 nitrogen and oxygen atoms in total. The molecule has 2 unspecified atom stereocenters. The highest BCUT2D eigenvalue weighted by Gasteiger charge is 2.09. The van der Waals surface area contributed by atoms with Crippen LogP contribution in [0.1, 0.15) is 13.8 Å². The zero-order valence-corrected chi connectivity index (χ0v) is 13.6. The summed E-state index contributed by atoms with van der Waals surface area (Å²) in [6, 6.07) is 8.58. The van der Waals surface area contributed by atoms with Crippen LogP contribution in [0.2, 0.25) is 0 Å². The van der Waals surface area contributed by atoms with E-state index in [1.807, 2.05) is 0 Å². The van der Waals surface area contributed by atoms with Crippen LogP contribution in [0.15, 0.2) is 24.3 Å². The summed E-state index contributed by atoms with van der Waals surface area (Å²) in [6.45, 7) is 5.91. The van der Waals surface area contributed by atoms with Crippen LogP contribution < -0.4 is 9.80 Å². The van der Waals surface area contributed by atoms with Crippen molar-refractivity contribution in [1.29, 1.82) is 0 Å². The van der Waals surface area contributed by atoms with Crippen LogP contribution in [0.5, 0.6) is 0 Å². The van der Waals surface area contributed by atoms with Gasteiger partial charge in [-0.3, -0.25) is 0 Å². The third kappa shape index (κ3) is 5.02. The molecule has 0 radical (unpaired) electrons. The predicted octanol–water partition coefficient (Wildman–Crippen LogP) is 2.63. The maximum atomic E-state index is 5.30. The summed E-state index contributed by atoms with van der Waals surface area (Å²) < 4.78 is 10.6. The Morgan fingerprint density at radius 1 is 0.800 bits per heavy atom. The Bertz CT molecular complexity index is 344. The molecule has 1 rings (SSSR count). The van der Waals surface area contributed by atoms with Gasteiger partial charge in [0.25, 0.3) is 0 Å². The van der Waals surface area contributed by atoms with Gasteiger partial charge in [0.05, 0.1) is 12.2 Å². The summed E-state index contributed by atoms with van der Waals surface area (Å²) in [5.41, 5.74) is 2.40. The van der Waals surface area contributed by atoms with Crippen molar-refractivity contribution in [2.45, 2.75) is 26.1 Å². The van der Waals surface area contributed by atoms with Crippen molar-refractivity contribution >= 4 is 11.4 Å². The van der Waals surface area contributed by atoms with Gasteiger partial charge in [0.15, 0.2) is 0 Å². The molecule has 2 atom stereocenters. The van der Waals surface area contributed by atoms with E-state index in [1.54, 1.807) is 14.2 Å². The molecule has 0 aromatic heterocycles. The van der Waals surface area contributed by atoms with E-state index in [9.17, 15) is 0 Å². The maximum absolute atomic E-state index is 5.30. The molecule has 0 saturated carbocycles. The Morgan fingerprint density at radius 3 is 1.35 bits per heavy atom. The van der Waals surface area contributed by atoms with Crippen molar-refractivity contribution in [1.82, 2.24) is 0 Å². The molecule has 4 heteroatoms. The van der Waals surface area contributed by atoms with Crippen molar-refractivity contribution in [2.24, 2.45) is 0 Å². The Balaban J connectivity index is 2.63. The average Bonchev–Trinajstić information content (AvgIpc) is 2.46. The van der Waals surface area contributed by atoms with Gasteiger partial charge in [-0.2, -0.15) is 0 Å². The number of likely N-dealkylation sites (N-methyl/N-ethyl adjacent to an activating group) is 2. The molecule has 0 heterocycles. The van der Waals surface area contributed by atoms with Crippen molar-refractivity contribution in [3.63, 3.8) is 0 Å².